The van der Waals surface area contributed by atoms with Gasteiger partial charge in [-0.15, -0.1) is 11.3 Å². The van der Waals surface area contributed by atoms with E-state index < -0.39 is 5.54 Å². The highest BCUT2D eigenvalue weighted by atomic mass is 32.1. The van der Waals surface area contributed by atoms with Crippen LogP contribution >= 0.6 is 11.3 Å². The minimum Gasteiger partial charge on any atom is -0.369 e. The second-order valence-corrected chi connectivity index (χ2v) is 8.59. The van der Waals surface area contributed by atoms with Gasteiger partial charge in [0.05, 0.1) is 17.6 Å². The van der Waals surface area contributed by atoms with Gasteiger partial charge in [0.2, 0.25) is 5.91 Å². The molecule has 2 N–H and O–H groups in total. The van der Waals surface area contributed by atoms with E-state index in [1.54, 1.807) is 24.5 Å². The van der Waals surface area contributed by atoms with E-state index in [2.05, 4.69) is 24.1 Å². The molecule has 1 fully saturated rings. The topological polar surface area (TPSA) is 82.5 Å². The van der Waals surface area contributed by atoms with Crippen molar-refractivity contribution in [1.29, 1.82) is 5.26 Å². The fourth-order valence-corrected chi connectivity index (χ4v) is 4.74. The molecule has 1 aliphatic carbocycles. The van der Waals surface area contributed by atoms with E-state index in [9.17, 15) is 4.79 Å². The van der Waals surface area contributed by atoms with Crippen molar-refractivity contribution in [3.05, 3.63) is 57.8 Å². The molecule has 0 radical (unpaired) electrons. The third-order valence-electron chi connectivity index (χ3n) is 5.68. The van der Waals surface area contributed by atoms with Gasteiger partial charge >= 0.3 is 0 Å². The smallest absolute Gasteiger partial charge is 0.235 e. The van der Waals surface area contributed by atoms with Crippen molar-refractivity contribution in [3.63, 3.8) is 0 Å². The zero-order valence-electron chi connectivity index (χ0n) is 16.6. The molecule has 1 aromatic heterocycles. The van der Waals surface area contributed by atoms with E-state index in [0.717, 1.165) is 28.8 Å². The second-order valence-electron chi connectivity index (χ2n) is 7.64. The molecule has 4 rings (SSSR count). The maximum absolute atomic E-state index is 12.7. The maximum Gasteiger partial charge on any atom is 0.235 e. The number of rotatable bonds is 2. The van der Waals surface area contributed by atoms with E-state index in [-0.39, 0.29) is 11.8 Å². The molecule has 5 nitrogen and oxygen atoms in total. The van der Waals surface area contributed by atoms with Crippen LogP contribution in [0.1, 0.15) is 42.2 Å². The normalized spacial score (nSPS) is 24.5. The molecule has 6 heteroatoms. The number of hydrogen-bond donors (Lipinski definition) is 1. The molecule has 2 aromatic rings. The van der Waals surface area contributed by atoms with Crippen LogP contribution in [0.5, 0.6) is 0 Å². The summed E-state index contributed by atoms with van der Waals surface area (Å²) in [5, 5.41) is 10.4. The first-order chi connectivity index (χ1) is 13.4. The lowest BCUT2D eigenvalue weighted by Gasteiger charge is -2.46. The number of nitriles is 1. The van der Waals surface area contributed by atoms with Gasteiger partial charge in [0.25, 0.3) is 0 Å². The number of nitrogens with zero attached hydrogens (tertiary/aromatic N) is 3. The van der Waals surface area contributed by atoms with Gasteiger partial charge in [-0.25, -0.2) is 4.99 Å². The Hall–Kier alpha value is -2.65. The summed E-state index contributed by atoms with van der Waals surface area (Å²) in [7, 11) is 1.72. The number of thiophene rings is 1. The largest absolute Gasteiger partial charge is 0.369 e. The van der Waals surface area contributed by atoms with Crippen LogP contribution in [0.3, 0.4) is 0 Å². The molecule has 1 amide bonds. The summed E-state index contributed by atoms with van der Waals surface area (Å²) in [5.41, 5.74) is 7.30. The number of guanidine groups is 1. The van der Waals surface area contributed by atoms with Crippen molar-refractivity contribution in [3.8, 4) is 6.07 Å². The first-order valence-corrected chi connectivity index (χ1v) is 10.4. The highest BCUT2D eigenvalue weighted by Gasteiger charge is 2.51. The van der Waals surface area contributed by atoms with E-state index >= 15 is 0 Å². The Morgan fingerprint density at radius 1 is 1.32 bits per heavy atom. The van der Waals surface area contributed by atoms with Crippen LogP contribution < -0.4 is 5.73 Å². The predicted octanol–water partition coefficient (Wildman–Crippen LogP) is 4.03. The van der Waals surface area contributed by atoms with Crippen molar-refractivity contribution < 1.29 is 4.79 Å². The molecule has 1 aliphatic heterocycles. The van der Waals surface area contributed by atoms with Crippen molar-refractivity contribution in [2.45, 2.75) is 38.6 Å². The van der Waals surface area contributed by atoms with E-state index in [1.807, 2.05) is 36.6 Å². The van der Waals surface area contributed by atoms with E-state index in [4.69, 9.17) is 11.0 Å². The van der Waals surface area contributed by atoms with Crippen molar-refractivity contribution >= 4 is 23.2 Å². The van der Waals surface area contributed by atoms with Gasteiger partial charge in [0, 0.05) is 11.9 Å². The summed E-state index contributed by atoms with van der Waals surface area (Å²) >= 11 is 1.66. The van der Waals surface area contributed by atoms with Crippen LogP contribution in [0.15, 0.2) is 46.8 Å². The third kappa shape index (κ3) is 3.81. The summed E-state index contributed by atoms with van der Waals surface area (Å²) in [6.45, 7) is 4.03. The van der Waals surface area contributed by atoms with Gasteiger partial charge in [-0.1, -0.05) is 24.6 Å². The molecular weight excluding hydrogens is 368 g/mol. The number of aliphatic imine (C=N–C) groups is 1. The summed E-state index contributed by atoms with van der Waals surface area (Å²) in [6.07, 6.45) is 3.47. The molecular formula is C22H26N4OS. The quantitative estimate of drug-likeness (QED) is 0.835. The van der Waals surface area contributed by atoms with Crippen molar-refractivity contribution in [1.82, 2.24) is 4.90 Å². The molecule has 1 aromatic carbocycles. The zero-order chi connectivity index (χ0) is 20.3. The first kappa shape index (κ1) is 20.1. The molecule has 0 spiro atoms. The van der Waals surface area contributed by atoms with E-state index in [0.29, 0.717) is 11.9 Å². The maximum atomic E-state index is 12.7. The third-order valence-corrected chi connectivity index (χ3v) is 6.78. The van der Waals surface area contributed by atoms with Gasteiger partial charge in [0.1, 0.15) is 5.54 Å². The van der Waals surface area contributed by atoms with Crippen LogP contribution in [0.4, 0.5) is 0 Å². The van der Waals surface area contributed by atoms with Gasteiger partial charge < -0.3 is 5.73 Å². The number of aryl methyl sites for hydroxylation is 1. The summed E-state index contributed by atoms with van der Waals surface area (Å²) in [4.78, 5) is 20.0. The number of hydrogen-bond acceptors (Lipinski definition) is 5. The average Bonchev–Trinajstić information content (AvgIpc) is 3.18. The Morgan fingerprint density at radius 2 is 2.07 bits per heavy atom. The second kappa shape index (κ2) is 8.15. The Morgan fingerprint density at radius 3 is 2.57 bits per heavy atom. The predicted molar refractivity (Wildman–Crippen MR) is 113 cm³/mol. The summed E-state index contributed by atoms with van der Waals surface area (Å²) < 4.78 is 0. The highest BCUT2D eigenvalue weighted by molar-refractivity contribution is 7.10. The fraction of sp³-hybridized carbons (Fsp3) is 0.409. The number of carbonyl (C=O) groups is 1. The Labute approximate surface area is 170 Å². The number of amides is 1. The van der Waals surface area contributed by atoms with Gasteiger partial charge in [-0.2, -0.15) is 5.26 Å². The van der Waals surface area contributed by atoms with Crippen molar-refractivity contribution in [2.75, 3.05) is 7.05 Å². The van der Waals surface area contributed by atoms with Gasteiger partial charge in [-0.3, -0.25) is 9.69 Å². The zero-order valence-corrected chi connectivity index (χ0v) is 17.4. The average molecular weight is 395 g/mol. The summed E-state index contributed by atoms with van der Waals surface area (Å²) in [5.74, 6) is 0.820. The Bertz CT molecular complexity index is 911. The molecule has 146 valence electrons. The molecule has 2 aliphatic rings. The Kier molecular flexibility index (Phi) is 5.85. The Balaban J connectivity index is 0.000000211. The van der Waals surface area contributed by atoms with Crippen LogP contribution in [-0.2, 0) is 10.3 Å². The minimum absolute atomic E-state index is 0.0720. The van der Waals surface area contributed by atoms with Crippen LogP contribution in [-0.4, -0.2) is 23.8 Å². The minimum atomic E-state index is -0.493. The molecule has 0 saturated heterocycles. The lowest BCUT2D eigenvalue weighted by atomic mass is 9.66. The highest BCUT2D eigenvalue weighted by Crippen LogP contribution is 2.48. The van der Waals surface area contributed by atoms with Crippen LogP contribution in [0.2, 0.25) is 0 Å². The molecule has 2 atom stereocenters. The first-order valence-electron chi connectivity index (χ1n) is 9.50. The van der Waals surface area contributed by atoms with E-state index in [1.165, 1.54) is 11.3 Å². The fourth-order valence-electron chi connectivity index (χ4n) is 3.87. The number of benzene rings is 1. The summed E-state index contributed by atoms with van der Waals surface area (Å²) in [6, 6.07) is 13.7. The SMILES string of the molecule is CN1C(=O)[C@H](C2CCC2)[C@@](C)(c2cccs2)N=C1N.Cc1cccc(C#N)c1. The molecule has 1 saturated carbocycles. The molecule has 2 heterocycles. The number of carbonyl (C=O) groups excluding carboxylic acids is 1. The van der Waals surface area contributed by atoms with Gasteiger partial charge in [-0.05, 0) is 61.7 Å². The molecule has 0 unspecified atom stereocenters. The van der Waals surface area contributed by atoms with Crippen molar-refractivity contribution in [2.24, 2.45) is 22.6 Å². The lowest BCUT2D eigenvalue weighted by molar-refractivity contribution is -0.138. The standard InChI is InChI=1S/C14H19N3OS.C8H7N/c1-14(10-7-4-8-19-10)11(9-5-3-6-9)12(18)17(2)13(15)16-14;1-7-3-2-4-8(5-7)6-9/h4,7-9,11H,3,5-6H2,1-2H3,(H2,15,16);2-5H,1H3/t11-,14+;/m0./s1. The van der Waals surface area contributed by atoms with Crippen LogP contribution in [0, 0.1) is 30.1 Å². The monoisotopic (exact) mass is 394 g/mol. The van der Waals surface area contributed by atoms with Gasteiger partial charge in [0.15, 0.2) is 5.96 Å². The van der Waals surface area contributed by atoms with Crippen LogP contribution in [0.25, 0.3) is 0 Å². The lowest BCUT2D eigenvalue weighted by Crippen LogP contribution is -2.56. The molecule has 28 heavy (non-hydrogen) atoms. The number of nitrogens with two attached hydrogens (primary N) is 1. The molecule has 0 bridgehead atoms.